The molecule has 0 saturated carbocycles. The van der Waals surface area contributed by atoms with Crippen molar-refractivity contribution >= 4 is 11.9 Å². The van der Waals surface area contributed by atoms with Gasteiger partial charge in [-0.1, -0.05) is 18.2 Å². The average Bonchev–Trinajstić information content (AvgIpc) is 3.17. The number of hydrogen-bond donors (Lipinski definition) is 1. The smallest absolute Gasteiger partial charge is 0.339 e. The molecule has 1 N–H and O–H groups in total. The van der Waals surface area contributed by atoms with E-state index in [1.807, 2.05) is 23.6 Å². The van der Waals surface area contributed by atoms with Crippen LogP contribution in [0.15, 0.2) is 24.3 Å². The van der Waals surface area contributed by atoms with E-state index in [2.05, 4.69) is 15.5 Å². The molecule has 0 bridgehead atoms. The molecule has 4 rings (SSSR count). The summed E-state index contributed by atoms with van der Waals surface area (Å²) in [5.41, 5.74) is 1.37. The summed E-state index contributed by atoms with van der Waals surface area (Å²) < 4.78 is 7.34. The summed E-state index contributed by atoms with van der Waals surface area (Å²) in [7, 11) is 0. The van der Waals surface area contributed by atoms with Gasteiger partial charge >= 0.3 is 5.97 Å². The van der Waals surface area contributed by atoms with Crippen molar-refractivity contribution in [1.82, 2.24) is 20.1 Å². The van der Waals surface area contributed by atoms with Crippen molar-refractivity contribution in [3.63, 3.8) is 0 Å². The fourth-order valence-electron chi connectivity index (χ4n) is 3.34. The van der Waals surface area contributed by atoms with Gasteiger partial charge in [0.25, 0.3) is 5.91 Å². The lowest BCUT2D eigenvalue weighted by molar-refractivity contribution is -0.131. The van der Waals surface area contributed by atoms with Crippen molar-refractivity contribution in [2.24, 2.45) is 0 Å². The topological polar surface area (TPSA) is 86.1 Å². The first kappa shape index (κ1) is 14.9. The van der Waals surface area contributed by atoms with E-state index in [0.717, 1.165) is 36.6 Å². The highest BCUT2D eigenvalue weighted by Crippen LogP contribution is 2.22. The first-order valence-corrected chi connectivity index (χ1v) is 8.14. The van der Waals surface area contributed by atoms with Crippen LogP contribution in [0.5, 0.6) is 0 Å². The Morgan fingerprint density at radius 2 is 2.21 bits per heavy atom. The molecule has 0 aliphatic carbocycles. The van der Waals surface area contributed by atoms with Gasteiger partial charge in [0.1, 0.15) is 5.82 Å². The number of aromatic nitrogens is 3. The van der Waals surface area contributed by atoms with Gasteiger partial charge in [0.2, 0.25) is 0 Å². The summed E-state index contributed by atoms with van der Waals surface area (Å²) in [6, 6.07) is 6.93. The Kier molecular flexibility index (Phi) is 3.55. The zero-order valence-electron chi connectivity index (χ0n) is 13.4. The molecule has 2 aliphatic heterocycles. The van der Waals surface area contributed by atoms with E-state index < -0.39 is 12.1 Å². The normalized spacial score (nSPS) is 20.0. The Balaban J connectivity index is 1.48. The predicted molar refractivity (Wildman–Crippen MR) is 84.3 cm³/mol. The number of aryl methyl sites for hydroxylation is 1. The van der Waals surface area contributed by atoms with Crippen molar-refractivity contribution in [1.29, 1.82) is 0 Å². The van der Waals surface area contributed by atoms with Gasteiger partial charge in [-0.3, -0.25) is 4.79 Å². The highest BCUT2D eigenvalue weighted by atomic mass is 16.5. The first-order chi connectivity index (χ1) is 11.6. The first-order valence-electron chi connectivity index (χ1n) is 8.14. The molecule has 0 saturated heterocycles. The minimum Gasteiger partial charge on any atom is -0.448 e. The second-order valence-corrected chi connectivity index (χ2v) is 6.22. The maximum Gasteiger partial charge on any atom is 0.339 e. The highest BCUT2D eigenvalue weighted by molar-refractivity contribution is 5.95. The molecule has 0 fully saturated rings. The molecule has 1 aromatic heterocycles. The number of carbonyl (C=O) groups excluding carboxylic acids is 2. The Bertz CT molecular complexity index is 814. The van der Waals surface area contributed by atoms with Gasteiger partial charge in [-0.2, -0.15) is 0 Å². The van der Waals surface area contributed by atoms with Gasteiger partial charge in [0.05, 0.1) is 11.6 Å². The zero-order chi connectivity index (χ0) is 16.7. The van der Waals surface area contributed by atoms with Gasteiger partial charge in [-0.15, -0.1) is 10.2 Å². The van der Waals surface area contributed by atoms with Crippen LogP contribution in [0.25, 0.3) is 0 Å². The number of benzene rings is 1. The number of amides is 1. The van der Waals surface area contributed by atoms with Crippen LogP contribution < -0.4 is 5.32 Å². The number of rotatable bonds is 3. The highest BCUT2D eigenvalue weighted by Gasteiger charge is 2.32. The van der Waals surface area contributed by atoms with Crippen LogP contribution in [0.3, 0.4) is 0 Å². The van der Waals surface area contributed by atoms with Crippen LogP contribution in [-0.4, -0.2) is 32.7 Å². The lowest BCUT2D eigenvalue weighted by Crippen LogP contribution is -2.43. The van der Waals surface area contributed by atoms with Crippen molar-refractivity contribution in [2.45, 2.75) is 44.9 Å². The molecule has 24 heavy (non-hydrogen) atoms. The lowest BCUT2D eigenvalue weighted by atomic mass is 9.98. The second kappa shape index (κ2) is 5.74. The third kappa shape index (κ3) is 2.46. The number of nitrogens with zero attached hydrogens (tertiary/aromatic N) is 3. The van der Waals surface area contributed by atoms with E-state index in [-0.39, 0.29) is 11.9 Å². The molecule has 1 amide bonds. The zero-order valence-corrected chi connectivity index (χ0v) is 13.4. The fraction of sp³-hybridized carbons (Fsp3) is 0.412. The fourth-order valence-corrected chi connectivity index (χ4v) is 3.34. The molecule has 2 atom stereocenters. The van der Waals surface area contributed by atoms with Gasteiger partial charge in [-0.25, -0.2) is 4.79 Å². The molecule has 2 aromatic rings. The Labute approximate surface area is 139 Å². The molecule has 7 nitrogen and oxygen atoms in total. The molecule has 2 aliphatic rings. The van der Waals surface area contributed by atoms with Gasteiger partial charge in [0.15, 0.2) is 11.9 Å². The summed E-state index contributed by atoms with van der Waals surface area (Å²) in [5.74, 6) is 0.955. The minimum atomic E-state index is -0.809. The van der Waals surface area contributed by atoms with E-state index >= 15 is 0 Å². The van der Waals surface area contributed by atoms with E-state index in [0.29, 0.717) is 12.0 Å². The molecular formula is C17H18N4O3. The Morgan fingerprint density at radius 3 is 3.08 bits per heavy atom. The standard InChI is InChI=1S/C17H18N4O3/c1-10(15-20-19-14-7-4-8-21(14)15)18-16(22)13-9-11-5-2-3-6-12(11)17(23)24-13/h2-3,5-6,10,13H,4,7-9H2,1H3,(H,18,22). The maximum absolute atomic E-state index is 12.5. The predicted octanol–water partition coefficient (Wildman–Crippen LogP) is 1.18. The van der Waals surface area contributed by atoms with Crippen molar-refractivity contribution in [2.75, 3.05) is 0 Å². The summed E-state index contributed by atoms with van der Waals surface area (Å²) in [6.45, 7) is 2.75. The average molecular weight is 326 g/mol. The number of ether oxygens (including phenoxy) is 1. The molecular weight excluding hydrogens is 308 g/mol. The van der Waals surface area contributed by atoms with Crippen LogP contribution >= 0.6 is 0 Å². The minimum absolute atomic E-state index is 0.285. The molecule has 7 heteroatoms. The summed E-state index contributed by atoms with van der Waals surface area (Å²) in [5, 5.41) is 11.2. The Hall–Kier alpha value is -2.70. The second-order valence-electron chi connectivity index (χ2n) is 6.22. The van der Waals surface area contributed by atoms with Gasteiger partial charge in [-0.05, 0) is 25.0 Å². The van der Waals surface area contributed by atoms with Crippen LogP contribution in [0.4, 0.5) is 0 Å². The maximum atomic E-state index is 12.5. The Morgan fingerprint density at radius 1 is 1.38 bits per heavy atom. The van der Waals surface area contributed by atoms with Crippen molar-refractivity contribution in [3.05, 3.63) is 47.0 Å². The molecule has 0 spiro atoms. The quantitative estimate of drug-likeness (QED) is 0.856. The summed E-state index contributed by atoms with van der Waals surface area (Å²) >= 11 is 0. The van der Waals surface area contributed by atoms with Crippen LogP contribution in [0.2, 0.25) is 0 Å². The number of esters is 1. The number of cyclic esters (lactones) is 1. The summed E-state index contributed by atoms with van der Waals surface area (Å²) in [4.78, 5) is 24.6. The van der Waals surface area contributed by atoms with Crippen LogP contribution in [0.1, 0.15) is 47.0 Å². The van der Waals surface area contributed by atoms with Crippen molar-refractivity contribution < 1.29 is 14.3 Å². The summed E-state index contributed by atoms with van der Waals surface area (Å²) in [6.07, 6.45) is 1.55. The number of nitrogens with one attached hydrogen (secondary N) is 1. The van der Waals surface area contributed by atoms with E-state index in [1.54, 1.807) is 12.1 Å². The number of hydrogen-bond acceptors (Lipinski definition) is 5. The van der Waals surface area contributed by atoms with Crippen LogP contribution in [-0.2, 0) is 28.9 Å². The monoisotopic (exact) mass is 326 g/mol. The van der Waals surface area contributed by atoms with Gasteiger partial charge in [0, 0.05) is 19.4 Å². The third-order valence-corrected chi connectivity index (χ3v) is 4.57. The molecule has 2 unspecified atom stereocenters. The largest absolute Gasteiger partial charge is 0.448 e. The van der Waals surface area contributed by atoms with E-state index in [1.165, 1.54) is 0 Å². The SMILES string of the molecule is CC(NC(=O)C1Cc2ccccc2C(=O)O1)c1nnc2n1CCC2. The molecule has 1 aromatic carbocycles. The third-order valence-electron chi connectivity index (χ3n) is 4.57. The van der Waals surface area contributed by atoms with Crippen molar-refractivity contribution in [3.8, 4) is 0 Å². The molecule has 0 radical (unpaired) electrons. The van der Waals surface area contributed by atoms with Gasteiger partial charge < -0.3 is 14.6 Å². The van der Waals surface area contributed by atoms with E-state index in [4.69, 9.17) is 4.74 Å². The number of fused-ring (bicyclic) bond motifs is 2. The number of carbonyl (C=O) groups is 2. The lowest BCUT2D eigenvalue weighted by Gasteiger charge is -2.25. The van der Waals surface area contributed by atoms with E-state index in [9.17, 15) is 9.59 Å². The molecule has 124 valence electrons. The van der Waals surface area contributed by atoms with Crippen LogP contribution in [0, 0.1) is 0 Å². The molecule has 3 heterocycles.